The van der Waals surface area contributed by atoms with Crippen LogP contribution in [0.25, 0.3) is 0 Å². The summed E-state index contributed by atoms with van der Waals surface area (Å²) in [5.74, 6) is 1.36. The number of likely N-dealkylation sites (tertiary alicyclic amines) is 1. The highest BCUT2D eigenvalue weighted by Crippen LogP contribution is 2.26. The molecule has 5 rings (SSSR count). The number of fused-ring (bicyclic) bond motifs is 3. The number of nitrogens with zero attached hydrogens (tertiary/aromatic N) is 2. The first-order valence-electron chi connectivity index (χ1n) is 15.8. The fourth-order valence-corrected chi connectivity index (χ4v) is 6.23. The Balaban J connectivity index is 1.33. The Hall–Kier alpha value is -3.19. The fraction of sp³-hybridized carbons (Fsp3) is 0.472. The van der Waals surface area contributed by atoms with Gasteiger partial charge < -0.3 is 14.8 Å². The predicted octanol–water partition coefficient (Wildman–Crippen LogP) is 6.10. The lowest BCUT2D eigenvalue weighted by molar-refractivity contribution is 0.0746. The monoisotopic (exact) mass is 569 g/mol. The van der Waals surface area contributed by atoms with Crippen molar-refractivity contribution in [3.8, 4) is 5.75 Å². The molecule has 0 saturated carbocycles. The van der Waals surface area contributed by atoms with Crippen molar-refractivity contribution in [1.82, 2.24) is 15.1 Å². The Bertz CT molecular complexity index is 1270. The van der Waals surface area contributed by atoms with E-state index in [1.165, 1.54) is 36.0 Å². The highest BCUT2D eigenvalue weighted by atomic mass is 16.5. The van der Waals surface area contributed by atoms with Gasteiger partial charge in [-0.05, 0) is 72.3 Å². The van der Waals surface area contributed by atoms with Gasteiger partial charge in [-0.25, -0.2) is 0 Å². The Morgan fingerprint density at radius 1 is 0.857 bits per heavy atom. The van der Waals surface area contributed by atoms with Gasteiger partial charge in [-0.2, -0.15) is 0 Å². The van der Waals surface area contributed by atoms with Crippen LogP contribution >= 0.6 is 0 Å². The average Bonchev–Trinajstić information content (AvgIpc) is 3.00. The number of amides is 1. The molecule has 2 heterocycles. The first kappa shape index (κ1) is 30.3. The molecule has 1 N–H and O–H groups in total. The van der Waals surface area contributed by atoms with Crippen molar-refractivity contribution in [3.63, 3.8) is 0 Å². The average molecular weight is 570 g/mol. The molecule has 3 aromatic rings. The van der Waals surface area contributed by atoms with E-state index in [9.17, 15) is 4.79 Å². The molecule has 0 aliphatic carbocycles. The molecule has 2 aliphatic heterocycles. The molecule has 42 heavy (non-hydrogen) atoms. The van der Waals surface area contributed by atoms with Crippen LogP contribution in [0.15, 0.2) is 72.8 Å². The van der Waals surface area contributed by atoms with Gasteiger partial charge in [0.05, 0.1) is 19.3 Å². The van der Waals surface area contributed by atoms with Crippen LogP contribution in [0.3, 0.4) is 0 Å². The molecule has 2 bridgehead atoms. The molecule has 1 saturated heterocycles. The number of hydrogen-bond donors (Lipinski definition) is 1. The number of benzene rings is 3. The van der Waals surface area contributed by atoms with Gasteiger partial charge in [0.25, 0.3) is 5.91 Å². The molecule has 3 aromatic carbocycles. The van der Waals surface area contributed by atoms with Gasteiger partial charge in [-0.1, -0.05) is 74.9 Å². The third kappa shape index (κ3) is 8.66. The van der Waals surface area contributed by atoms with Crippen LogP contribution in [0.4, 0.5) is 0 Å². The molecule has 224 valence electrons. The molecule has 0 aromatic heterocycles. The summed E-state index contributed by atoms with van der Waals surface area (Å²) in [7, 11) is 0. The first-order chi connectivity index (χ1) is 20.5. The van der Waals surface area contributed by atoms with E-state index in [1.807, 2.05) is 18.2 Å². The number of hydrogen-bond acceptors (Lipinski definition) is 5. The largest absolute Gasteiger partial charge is 0.491 e. The Kier molecular flexibility index (Phi) is 11.0. The Labute approximate surface area is 252 Å². The lowest BCUT2D eigenvalue weighted by Crippen LogP contribution is -2.40. The van der Waals surface area contributed by atoms with E-state index in [4.69, 9.17) is 9.47 Å². The van der Waals surface area contributed by atoms with Crippen LogP contribution in [0.5, 0.6) is 5.75 Å². The molecule has 0 radical (unpaired) electrons. The summed E-state index contributed by atoms with van der Waals surface area (Å²) in [6, 6.07) is 25.4. The van der Waals surface area contributed by atoms with E-state index in [0.29, 0.717) is 44.3 Å². The van der Waals surface area contributed by atoms with E-state index in [2.05, 4.69) is 83.6 Å². The lowest BCUT2D eigenvalue weighted by Gasteiger charge is -2.35. The number of nitrogens with one attached hydrogen (secondary N) is 1. The minimum Gasteiger partial charge on any atom is -0.491 e. The first-order valence-corrected chi connectivity index (χ1v) is 15.8. The zero-order valence-corrected chi connectivity index (χ0v) is 25.4. The molecule has 1 atom stereocenters. The van der Waals surface area contributed by atoms with Crippen LogP contribution in [0, 0.1) is 5.92 Å². The van der Waals surface area contributed by atoms with Crippen LogP contribution < -0.4 is 10.1 Å². The van der Waals surface area contributed by atoms with Gasteiger partial charge in [0.2, 0.25) is 0 Å². The van der Waals surface area contributed by atoms with Gasteiger partial charge in [0.1, 0.15) is 12.4 Å². The quantitative estimate of drug-likeness (QED) is 0.373. The minimum absolute atomic E-state index is 0.0449. The molecule has 1 fully saturated rings. The highest BCUT2D eigenvalue weighted by molar-refractivity contribution is 5.94. The summed E-state index contributed by atoms with van der Waals surface area (Å²) in [4.78, 5) is 18.5. The van der Waals surface area contributed by atoms with Crippen molar-refractivity contribution in [3.05, 3.63) is 101 Å². The highest BCUT2D eigenvalue weighted by Gasteiger charge is 2.23. The zero-order chi connectivity index (χ0) is 29.1. The van der Waals surface area contributed by atoms with E-state index in [-0.39, 0.29) is 11.9 Å². The number of ether oxygens (including phenoxy) is 2. The predicted molar refractivity (Wildman–Crippen MR) is 169 cm³/mol. The molecule has 0 spiro atoms. The smallest absolute Gasteiger partial charge is 0.251 e. The maximum Gasteiger partial charge on any atom is 0.251 e. The van der Waals surface area contributed by atoms with Gasteiger partial charge in [-0.15, -0.1) is 0 Å². The Morgan fingerprint density at radius 3 is 2.48 bits per heavy atom. The second kappa shape index (κ2) is 15.3. The maximum absolute atomic E-state index is 13.5. The topological polar surface area (TPSA) is 54.0 Å². The fourth-order valence-electron chi connectivity index (χ4n) is 6.23. The number of carbonyl (C=O) groups is 1. The summed E-state index contributed by atoms with van der Waals surface area (Å²) in [5.41, 5.74) is 5.46. The second-order valence-corrected chi connectivity index (χ2v) is 12.1. The minimum atomic E-state index is -0.0449. The summed E-state index contributed by atoms with van der Waals surface area (Å²) in [5, 5.41) is 3.26. The van der Waals surface area contributed by atoms with Gasteiger partial charge in [0, 0.05) is 38.2 Å². The molecule has 2 aliphatic rings. The molecule has 1 amide bonds. The summed E-state index contributed by atoms with van der Waals surface area (Å²) in [6.45, 7) is 11.8. The van der Waals surface area contributed by atoms with E-state index >= 15 is 0 Å². The van der Waals surface area contributed by atoms with Crippen molar-refractivity contribution in [2.45, 2.75) is 52.1 Å². The van der Waals surface area contributed by atoms with Crippen LogP contribution in [0.1, 0.15) is 71.8 Å². The van der Waals surface area contributed by atoms with Crippen LogP contribution in [0.2, 0.25) is 0 Å². The molecular weight excluding hydrogens is 522 g/mol. The molecule has 6 nitrogen and oxygen atoms in total. The van der Waals surface area contributed by atoms with E-state index in [0.717, 1.165) is 44.0 Å². The standard InChI is InChI=1S/C36H47N3O3/c1-28(2)26-38-18-19-41-20-21-42-35-15-14-32(24-33(35)23-29-10-9-11-30(22-29)27-38)36(40)37-25-34(31-12-5-3-6-13-31)39-16-7-4-8-17-39/h3,5-6,9-15,22,24,28,34H,4,7-8,16-21,23,25-27H2,1-2H3,(H,37,40). The third-order valence-electron chi connectivity index (χ3n) is 8.25. The molecule has 1 unspecified atom stereocenters. The van der Waals surface area contributed by atoms with Crippen molar-refractivity contribution in [2.75, 3.05) is 52.5 Å². The van der Waals surface area contributed by atoms with E-state index < -0.39 is 0 Å². The third-order valence-corrected chi connectivity index (χ3v) is 8.25. The summed E-state index contributed by atoms with van der Waals surface area (Å²) >= 11 is 0. The molecule has 6 heteroatoms. The van der Waals surface area contributed by atoms with Crippen molar-refractivity contribution in [1.29, 1.82) is 0 Å². The zero-order valence-electron chi connectivity index (χ0n) is 25.4. The Morgan fingerprint density at radius 2 is 1.67 bits per heavy atom. The van der Waals surface area contributed by atoms with Crippen LogP contribution in [-0.2, 0) is 17.7 Å². The number of carbonyl (C=O) groups excluding carboxylic acids is 1. The number of rotatable bonds is 7. The summed E-state index contributed by atoms with van der Waals surface area (Å²) < 4.78 is 12.1. The maximum atomic E-state index is 13.5. The lowest BCUT2D eigenvalue weighted by atomic mass is 9.99. The van der Waals surface area contributed by atoms with Crippen molar-refractivity contribution < 1.29 is 14.3 Å². The van der Waals surface area contributed by atoms with Gasteiger partial charge in [0.15, 0.2) is 0 Å². The second-order valence-electron chi connectivity index (χ2n) is 12.1. The normalized spacial score (nSPS) is 18.0. The summed E-state index contributed by atoms with van der Waals surface area (Å²) in [6.07, 6.45) is 4.41. The van der Waals surface area contributed by atoms with Crippen molar-refractivity contribution >= 4 is 5.91 Å². The van der Waals surface area contributed by atoms with Gasteiger partial charge >= 0.3 is 0 Å². The molecular formula is C36H47N3O3. The van der Waals surface area contributed by atoms with Crippen LogP contribution in [-0.4, -0.2) is 68.3 Å². The SMILES string of the molecule is CC(C)CN1CCOCCOc2ccc(C(=O)NCC(c3ccccc3)N3CCCCC3)cc2Cc2cccc(c2)C1. The van der Waals surface area contributed by atoms with E-state index in [1.54, 1.807) is 0 Å². The number of piperidine rings is 1. The van der Waals surface area contributed by atoms with Crippen molar-refractivity contribution in [2.24, 2.45) is 5.92 Å². The van der Waals surface area contributed by atoms with Gasteiger partial charge in [-0.3, -0.25) is 14.6 Å².